The van der Waals surface area contributed by atoms with E-state index in [1.54, 1.807) is 16.8 Å². The Labute approximate surface area is 122 Å². The van der Waals surface area contributed by atoms with Crippen LogP contribution in [0.2, 0.25) is 0 Å². The lowest BCUT2D eigenvalue weighted by molar-refractivity contribution is -0.142. The van der Waals surface area contributed by atoms with Crippen molar-refractivity contribution in [1.29, 1.82) is 0 Å². The van der Waals surface area contributed by atoms with Crippen molar-refractivity contribution in [3.05, 3.63) is 0 Å². The molecular weight excluding hydrogens is 254 g/mol. The minimum atomic E-state index is 0.0198. The first-order valence-electron chi connectivity index (χ1n) is 7.68. The van der Waals surface area contributed by atoms with Gasteiger partial charge in [-0.15, -0.1) is 0 Å². The summed E-state index contributed by atoms with van der Waals surface area (Å²) in [5, 5.41) is 0. The van der Waals surface area contributed by atoms with Crippen molar-refractivity contribution in [3.63, 3.8) is 0 Å². The Morgan fingerprint density at radius 2 is 1.80 bits per heavy atom. The van der Waals surface area contributed by atoms with Crippen LogP contribution in [0.4, 0.5) is 0 Å². The molecule has 0 heterocycles. The number of likely N-dealkylation sites (N-methyl/N-ethyl adjacent to an activating group) is 2. The van der Waals surface area contributed by atoms with Gasteiger partial charge in [0.25, 0.3) is 0 Å². The second-order valence-electron chi connectivity index (χ2n) is 5.91. The molecule has 0 aromatic rings. The molecule has 1 fully saturated rings. The first-order valence-corrected chi connectivity index (χ1v) is 7.68. The van der Waals surface area contributed by atoms with E-state index in [1.165, 1.54) is 0 Å². The molecule has 0 aliphatic heterocycles. The minimum absolute atomic E-state index is 0.0198. The Balaban J connectivity index is 2.52. The molecule has 3 unspecified atom stereocenters. The van der Waals surface area contributed by atoms with Gasteiger partial charge in [0.2, 0.25) is 11.8 Å². The van der Waals surface area contributed by atoms with Gasteiger partial charge in [0.05, 0.1) is 6.54 Å². The van der Waals surface area contributed by atoms with Crippen molar-refractivity contribution < 1.29 is 9.59 Å². The molecule has 20 heavy (non-hydrogen) atoms. The first-order chi connectivity index (χ1) is 9.40. The highest BCUT2D eigenvalue weighted by molar-refractivity contribution is 5.85. The largest absolute Gasteiger partial charge is 0.342 e. The van der Waals surface area contributed by atoms with Crippen molar-refractivity contribution in [2.24, 2.45) is 17.6 Å². The third-order valence-electron chi connectivity index (χ3n) is 4.45. The molecule has 0 aromatic carbocycles. The Hall–Kier alpha value is -1.10. The van der Waals surface area contributed by atoms with E-state index in [4.69, 9.17) is 5.73 Å². The van der Waals surface area contributed by atoms with E-state index in [0.717, 1.165) is 19.3 Å². The lowest BCUT2D eigenvalue weighted by atomic mass is 9.79. The number of carbonyl (C=O) groups is 2. The predicted molar refractivity (Wildman–Crippen MR) is 80.0 cm³/mol. The van der Waals surface area contributed by atoms with E-state index in [2.05, 4.69) is 6.92 Å². The predicted octanol–water partition coefficient (Wildman–Crippen LogP) is 1.08. The molecule has 1 saturated carbocycles. The van der Waals surface area contributed by atoms with Crippen LogP contribution in [-0.2, 0) is 9.59 Å². The molecule has 5 nitrogen and oxygen atoms in total. The van der Waals surface area contributed by atoms with Gasteiger partial charge in [-0.1, -0.05) is 6.92 Å². The van der Waals surface area contributed by atoms with Gasteiger partial charge in [0.1, 0.15) is 0 Å². The smallest absolute Gasteiger partial charge is 0.242 e. The quantitative estimate of drug-likeness (QED) is 0.821. The van der Waals surface area contributed by atoms with E-state index >= 15 is 0 Å². The maximum Gasteiger partial charge on any atom is 0.242 e. The Bertz CT molecular complexity index is 342. The van der Waals surface area contributed by atoms with Gasteiger partial charge >= 0.3 is 0 Å². The number of nitrogens with zero attached hydrogens (tertiary/aromatic N) is 2. The fraction of sp³-hybridized carbons (Fsp3) is 0.867. The molecule has 0 spiro atoms. The second-order valence-corrected chi connectivity index (χ2v) is 5.91. The monoisotopic (exact) mass is 283 g/mol. The highest BCUT2D eigenvalue weighted by Crippen LogP contribution is 2.29. The normalized spacial score (nSPS) is 26.1. The van der Waals surface area contributed by atoms with Crippen LogP contribution in [-0.4, -0.2) is 54.3 Å². The zero-order valence-electron chi connectivity index (χ0n) is 13.3. The van der Waals surface area contributed by atoms with Crippen LogP contribution in [0.15, 0.2) is 0 Å². The van der Waals surface area contributed by atoms with Crippen LogP contribution >= 0.6 is 0 Å². The summed E-state index contributed by atoms with van der Waals surface area (Å²) in [4.78, 5) is 27.8. The van der Waals surface area contributed by atoms with Crippen molar-refractivity contribution in [3.8, 4) is 0 Å². The van der Waals surface area contributed by atoms with Gasteiger partial charge in [-0.2, -0.15) is 0 Å². The SMILES string of the molecule is CCN(CC)C(=O)CN(C)C(=O)C1CCC(N)C(C)C1. The van der Waals surface area contributed by atoms with Crippen LogP contribution in [0, 0.1) is 11.8 Å². The molecule has 5 heteroatoms. The van der Waals surface area contributed by atoms with E-state index in [1.807, 2.05) is 13.8 Å². The van der Waals surface area contributed by atoms with Gasteiger partial charge in [0.15, 0.2) is 0 Å². The minimum Gasteiger partial charge on any atom is -0.342 e. The molecule has 0 saturated heterocycles. The standard InChI is InChI=1S/C15H29N3O2/c1-5-18(6-2)14(19)10-17(4)15(20)12-7-8-13(16)11(3)9-12/h11-13H,5-10,16H2,1-4H3. The summed E-state index contributed by atoms with van der Waals surface area (Å²) in [6.45, 7) is 7.56. The number of amides is 2. The fourth-order valence-electron chi connectivity index (χ4n) is 2.91. The van der Waals surface area contributed by atoms with Crippen molar-refractivity contribution in [2.45, 2.75) is 46.1 Å². The van der Waals surface area contributed by atoms with E-state index in [0.29, 0.717) is 19.0 Å². The Morgan fingerprint density at radius 1 is 1.20 bits per heavy atom. The summed E-state index contributed by atoms with van der Waals surface area (Å²) in [5.74, 6) is 0.513. The average Bonchev–Trinajstić information content (AvgIpc) is 2.42. The maximum atomic E-state index is 12.4. The van der Waals surface area contributed by atoms with Crippen molar-refractivity contribution >= 4 is 11.8 Å². The zero-order chi connectivity index (χ0) is 15.3. The van der Waals surface area contributed by atoms with Gasteiger partial charge in [-0.3, -0.25) is 9.59 Å². The molecule has 1 aliphatic rings. The van der Waals surface area contributed by atoms with Gasteiger partial charge < -0.3 is 15.5 Å². The van der Waals surface area contributed by atoms with Crippen LogP contribution in [0.5, 0.6) is 0 Å². The first kappa shape index (κ1) is 17.0. The lowest BCUT2D eigenvalue weighted by Gasteiger charge is -2.33. The molecule has 0 aromatic heterocycles. The molecule has 1 aliphatic carbocycles. The summed E-state index contributed by atoms with van der Waals surface area (Å²) in [7, 11) is 1.73. The number of hydrogen-bond donors (Lipinski definition) is 1. The average molecular weight is 283 g/mol. The van der Waals surface area contributed by atoms with Crippen molar-refractivity contribution in [1.82, 2.24) is 9.80 Å². The third-order valence-corrected chi connectivity index (χ3v) is 4.45. The highest BCUT2D eigenvalue weighted by atomic mass is 16.2. The van der Waals surface area contributed by atoms with Crippen LogP contribution < -0.4 is 5.73 Å². The molecule has 0 bridgehead atoms. The summed E-state index contributed by atoms with van der Waals surface area (Å²) >= 11 is 0. The highest BCUT2D eigenvalue weighted by Gasteiger charge is 2.31. The van der Waals surface area contributed by atoms with Crippen LogP contribution in [0.3, 0.4) is 0 Å². The fourth-order valence-corrected chi connectivity index (χ4v) is 2.91. The zero-order valence-corrected chi connectivity index (χ0v) is 13.3. The lowest BCUT2D eigenvalue weighted by Crippen LogP contribution is -2.45. The summed E-state index contributed by atoms with van der Waals surface area (Å²) in [5.41, 5.74) is 5.99. The van der Waals surface area contributed by atoms with E-state index in [-0.39, 0.29) is 30.3 Å². The summed E-state index contributed by atoms with van der Waals surface area (Å²) in [6.07, 6.45) is 2.58. The van der Waals surface area contributed by atoms with Gasteiger partial charge in [-0.25, -0.2) is 0 Å². The van der Waals surface area contributed by atoms with Crippen molar-refractivity contribution in [2.75, 3.05) is 26.7 Å². The molecular formula is C15H29N3O2. The third kappa shape index (κ3) is 4.20. The molecule has 2 N–H and O–H groups in total. The van der Waals surface area contributed by atoms with Crippen LogP contribution in [0.25, 0.3) is 0 Å². The number of nitrogens with two attached hydrogens (primary N) is 1. The molecule has 3 atom stereocenters. The summed E-state index contributed by atoms with van der Waals surface area (Å²) < 4.78 is 0. The van der Waals surface area contributed by atoms with Crippen LogP contribution in [0.1, 0.15) is 40.0 Å². The van der Waals surface area contributed by atoms with Gasteiger partial charge in [0, 0.05) is 32.1 Å². The molecule has 2 amide bonds. The summed E-state index contributed by atoms with van der Waals surface area (Å²) in [6, 6.07) is 0.210. The van der Waals surface area contributed by atoms with E-state index < -0.39 is 0 Å². The Kier molecular flexibility index (Phi) is 6.46. The van der Waals surface area contributed by atoms with Gasteiger partial charge in [-0.05, 0) is 39.0 Å². The topological polar surface area (TPSA) is 66.6 Å². The Morgan fingerprint density at radius 3 is 2.30 bits per heavy atom. The molecule has 0 radical (unpaired) electrons. The number of carbonyl (C=O) groups excluding carboxylic acids is 2. The molecule has 1 rings (SSSR count). The second kappa shape index (κ2) is 7.62. The number of hydrogen-bond acceptors (Lipinski definition) is 3. The number of rotatable bonds is 5. The van der Waals surface area contributed by atoms with E-state index in [9.17, 15) is 9.59 Å². The molecule has 116 valence electrons. The maximum absolute atomic E-state index is 12.4.